The lowest BCUT2D eigenvalue weighted by Gasteiger charge is -2.26. The summed E-state index contributed by atoms with van der Waals surface area (Å²) in [6.45, 7) is -0.301. The van der Waals surface area contributed by atoms with Gasteiger partial charge in [-0.3, -0.25) is 24.0 Å². The zero-order valence-electron chi connectivity index (χ0n) is 23.8. The average molecular weight is 613 g/mol. The summed E-state index contributed by atoms with van der Waals surface area (Å²) < 4.78 is 0. The highest BCUT2D eigenvalue weighted by molar-refractivity contribution is 5.96. The molecule has 3 rings (SSSR count). The second kappa shape index (κ2) is 15.5. The highest BCUT2D eigenvalue weighted by Crippen LogP contribution is 2.19. The highest BCUT2D eigenvalue weighted by atomic mass is 16.4. The minimum Gasteiger partial charge on any atom is -0.508 e. The number of aliphatic hydroxyl groups is 2. The first-order valence-electron chi connectivity index (χ1n) is 13.7. The van der Waals surface area contributed by atoms with E-state index in [1.807, 2.05) is 18.2 Å². The van der Waals surface area contributed by atoms with Crippen molar-refractivity contribution in [2.45, 2.75) is 50.0 Å². The number of amides is 4. The van der Waals surface area contributed by atoms with Gasteiger partial charge in [-0.2, -0.15) is 0 Å². The van der Waals surface area contributed by atoms with Crippen LogP contribution in [0.5, 0.6) is 5.75 Å². The number of aromatic amines is 1. The molecule has 0 spiro atoms. The summed E-state index contributed by atoms with van der Waals surface area (Å²) in [4.78, 5) is 66.6. The Bertz CT molecular complexity index is 1480. The summed E-state index contributed by atoms with van der Waals surface area (Å²) >= 11 is 0. The maximum absolute atomic E-state index is 13.7. The molecular weight excluding hydrogens is 576 g/mol. The normalized spacial score (nSPS) is 14.5. The number of nitrogens with one attached hydrogen (secondary N) is 5. The van der Waals surface area contributed by atoms with Gasteiger partial charge >= 0.3 is 5.97 Å². The Hall–Kier alpha value is -4.99. The van der Waals surface area contributed by atoms with Crippen LogP contribution >= 0.6 is 0 Å². The zero-order chi connectivity index (χ0) is 32.4. The number of phenolic OH excluding ortho intramolecular Hbond substituents is 1. The third-order valence-corrected chi connectivity index (χ3v) is 6.82. The van der Waals surface area contributed by atoms with E-state index in [1.54, 1.807) is 12.3 Å². The molecular formula is C29H36N6O9. The van der Waals surface area contributed by atoms with Crippen molar-refractivity contribution < 1.29 is 44.4 Å². The van der Waals surface area contributed by atoms with Crippen molar-refractivity contribution in [1.82, 2.24) is 26.3 Å². The largest absolute Gasteiger partial charge is 0.508 e. The van der Waals surface area contributed by atoms with Crippen LogP contribution < -0.4 is 27.0 Å². The predicted molar refractivity (Wildman–Crippen MR) is 157 cm³/mol. The summed E-state index contributed by atoms with van der Waals surface area (Å²) in [5.41, 5.74) is 7.42. The predicted octanol–water partition coefficient (Wildman–Crippen LogP) is -1.99. The molecule has 5 atom stereocenters. The number of carboxylic acid groups (broad SMARTS) is 1. The van der Waals surface area contributed by atoms with Crippen LogP contribution in [0, 0.1) is 0 Å². The number of carboxylic acids is 1. The van der Waals surface area contributed by atoms with Gasteiger partial charge in [0, 0.05) is 29.9 Å². The molecule has 0 aliphatic heterocycles. The maximum Gasteiger partial charge on any atom is 0.325 e. The van der Waals surface area contributed by atoms with Crippen molar-refractivity contribution in [3.05, 3.63) is 65.9 Å². The van der Waals surface area contributed by atoms with Gasteiger partial charge in [0.1, 0.15) is 36.0 Å². The molecule has 1 aromatic heterocycles. The lowest BCUT2D eigenvalue weighted by atomic mass is 10.0. The first kappa shape index (κ1) is 33.5. The molecule has 44 heavy (non-hydrogen) atoms. The number of aliphatic carboxylic acids is 1. The first-order valence-corrected chi connectivity index (χ1v) is 13.7. The number of rotatable bonds is 15. The number of fused-ring (bicyclic) bond motifs is 1. The molecule has 15 heteroatoms. The average Bonchev–Trinajstić information content (AvgIpc) is 3.41. The van der Waals surface area contributed by atoms with Crippen LogP contribution in [0.4, 0.5) is 0 Å². The number of hydrogen-bond acceptors (Lipinski definition) is 9. The SMILES string of the molecule is C[C@H](NC(=O)[C@H](Cc1c[nH]c2ccccc12)NC(=O)[C@H](Cc1ccc(O)cc1)NC(=O)[C@H](CO)NC(=O)[C@@H](N)CO)C(=O)O. The molecule has 15 nitrogen and oxygen atoms in total. The Morgan fingerprint density at radius 2 is 1.34 bits per heavy atom. The Morgan fingerprint density at radius 1 is 0.773 bits per heavy atom. The Labute approximate surface area is 251 Å². The Balaban J connectivity index is 1.89. The third kappa shape index (κ3) is 9.00. The van der Waals surface area contributed by atoms with E-state index in [0.717, 1.165) is 10.9 Å². The van der Waals surface area contributed by atoms with E-state index in [4.69, 9.17) is 10.8 Å². The van der Waals surface area contributed by atoms with E-state index in [9.17, 15) is 39.3 Å². The molecule has 0 bridgehead atoms. The fraction of sp³-hybridized carbons (Fsp3) is 0.345. The molecule has 0 radical (unpaired) electrons. The molecule has 4 amide bonds. The van der Waals surface area contributed by atoms with Crippen molar-refractivity contribution in [3.63, 3.8) is 0 Å². The second-order valence-electron chi connectivity index (χ2n) is 10.2. The molecule has 236 valence electrons. The quantitative estimate of drug-likeness (QED) is 0.0904. The first-order chi connectivity index (χ1) is 20.9. The van der Waals surface area contributed by atoms with E-state index in [-0.39, 0.29) is 18.6 Å². The topological polar surface area (TPSA) is 256 Å². The lowest BCUT2D eigenvalue weighted by Crippen LogP contribution is -2.60. The monoisotopic (exact) mass is 612 g/mol. The number of hydrogen-bond donors (Lipinski definition) is 10. The molecule has 3 aromatic rings. The lowest BCUT2D eigenvalue weighted by molar-refractivity contribution is -0.141. The van der Waals surface area contributed by atoms with Gasteiger partial charge < -0.3 is 52.4 Å². The number of benzene rings is 2. The maximum atomic E-state index is 13.7. The number of carbonyl (C=O) groups excluding carboxylic acids is 4. The number of carbonyl (C=O) groups is 5. The van der Waals surface area contributed by atoms with Gasteiger partial charge in [0.15, 0.2) is 0 Å². The molecule has 0 aliphatic rings. The summed E-state index contributed by atoms with van der Waals surface area (Å²) in [7, 11) is 0. The van der Waals surface area contributed by atoms with Crippen LogP contribution in [0.3, 0.4) is 0 Å². The van der Waals surface area contributed by atoms with E-state index >= 15 is 0 Å². The van der Waals surface area contributed by atoms with Gasteiger partial charge in [-0.15, -0.1) is 0 Å². The van der Waals surface area contributed by atoms with Gasteiger partial charge in [0.25, 0.3) is 0 Å². The van der Waals surface area contributed by atoms with E-state index in [1.165, 1.54) is 31.2 Å². The Kier molecular flexibility index (Phi) is 11.8. The number of para-hydroxylation sites is 1. The number of aliphatic hydroxyl groups excluding tert-OH is 2. The van der Waals surface area contributed by atoms with Gasteiger partial charge in [0.05, 0.1) is 13.2 Å². The van der Waals surface area contributed by atoms with Crippen LogP contribution in [0.25, 0.3) is 10.9 Å². The fourth-order valence-electron chi connectivity index (χ4n) is 4.28. The van der Waals surface area contributed by atoms with E-state index in [2.05, 4.69) is 26.3 Å². The second-order valence-corrected chi connectivity index (χ2v) is 10.2. The third-order valence-electron chi connectivity index (χ3n) is 6.82. The number of nitrogens with two attached hydrogens (primary N) is 1. The molecule has 0 saturated heterocycles. The molecule has 11 N–H and O–H groups in total. The van der Waals surface area contributed by atoms with Gasteiger partial charge in [-0.05, 0) is 36.2 Å². The number of aromatic nitrogens is 1. The van der Waals surface area contributed by atoms with Crippen molar-refractivity contribution >= 4 is 40.5 Å². The Morgan fingerprint density at radius 3 is 1.95 bits per heavy atom. The highest BCUT2D eigenvalue weighted by Gasteiger charge is 2.31. The molecule has 0 aliphatic carbocycles. The van der Waals surface area contributed by atoms with Gasteiger partial charge in [0.2, 0.25) is 23.6 Å². The van der Waals surface area contributed by atoms with Crippen LogP contribution in [-0.2, 0) is 36.8 Å². The van der Waals surface area contributed by atoms with Crippen molar-refractivity contribution in [3.8, 4) is 5.75 Å². The van der Waals surface area contributed by atoms with Crippen LogP contribution in [0.2, 0.25) is 0 Å². The smallest absolute Gasteiger partial charge is 0.325 e. The van der Waals surface area contributed by atoms with Crippen LogP contribution in [0.1, 0.15) is 18.1 Å². The fourth-order valence-corrected chi connectivity index (χ4v) is 4.28. The van der Waals surface area contributed by atoms with Gasteiger partial charge in [-0.25, -0.2) is 0 Å². The summed E-state index contributed by atoms with van der Waals surface area (Å²) in [5.74, 6) is -4.81. The van der Waals surface area contributed by atoms with Crippen molar-refractivity contribution in [2.75, 3.05) is 13.2 Å². The minimum atomic E-state index is -1.53. The number of aromatic hydroxyl groups is 1. The number of phenols is 1. The van der Waals surface area contributed by atoms with Crippen LogP contribution in [-0.4, -0.2) is 98.4 Å². The summed E-state index contributed by atoms with van der Waals surface area (Å²) in [6.07, 6.45) is 1.49. The van der Waals surface area contributed by atoms with E-state index < -0.39 is 73.0 Å². The minimum absolute atomic E-state index is 0.0370. The standard InChI is InChI=1S/C29H36N6O9/c1-15(29(43)44)32-26(40)23(11-17-12-31-21-5-3-2-4-19(17)21)34-27(41)22(10-16-6-8-18(38)9-7-16)33-28(42)24(14-37)35-25(39)20(30)13-36/h2-9,12,15,20,22-24,31,36-38H,10-11,13-14,30H2,1H3,(H,32,40)(H,33,42)(H,34,41)(H,35,39)(H,43,44)/t15-,20-,22-,23-,24-/m0/s1. The summed E-state index contributed by atoms with van der Waals surface area (Å²) in [5, 5.41) is 48.2. The van der Waals surface area contributed by atoms with Crippen molar-refractivity contribution in [1.29, 1.82) is 0 Å². The summed E-state index contributed by atoms with van der Waals surface area (Å²) in [6, 6.07) is 6.24. The molecule has 1 heterocycles. The molecule has 0 unspecified atom stereocenters. The molecule has 2 aromatic carbocycles. The van der Waals surface area contributed by atoms with Crippen LogP contribution in [0.15, 0.2) is 54.7 Å². The van der Waals surface area contributed by atoms with Gasteiger partial charge in [-0.1, -0.05) is 30.3 Å². The van der Waals surface area contributed by atoms with E-state index in [0.29, 0.717) is 11.1 Å². The molecule has 0 fully saturated rings. The zero-order valence-corrected chi connectivity index (χ0v) is 23.8. The molecule has 0 saturated carbocycles. The van der Waals surface area contributed by atoms with Crippen molar-refractivity contribution in [2.24, 2.45) is 5.73 Å². The number of H-pyrrole nitrogens is 1.